The molecule has 0 saturated carbocycles. The van der Waals surface area contributed by atoms with Gasteiger partial charge < -0.3 is 29.2 Å². The first-order valence-corrected chi connectivity index (χ1v) is 16.1. The lowest BCUT2D eigenvalue weighted by atomic mass is 9.82. The van der Waals surface area contributed by atoms with E-state index in [1.165, 1.54) is 12.7 Å². The number of aryl methyl sites for hydroxylation is 2. The number of esters is 1. The Kier molecular flexibility index (Phi) is 12.8. The number of nitrogens with one attached hydrogen (secondary N) is 1. The molecule has 230 valence electrons. The summed E-state index contributed by atoms with van der Waals surface area (Å²) in [5.74, 6) is 2.60. The first kappa shape index (κ1) is 32.1. The van der Waals surface area contributed by atoms with Crippen LogP contribution in [-0.4, -0.2) is 80.8 Å². The number of nitrogens with zero attached hydrogens (tertiary/aromatic N) is 2. The molecule has 0 bridgehead atoms. The summed E-state index contributed by atoms with van der Waals surface area (Å²) < 4.78 is 22.0. The molecule has 2 aromatic rings. The van der Waals surface area contributed by atoms with Gasteiger partial charge in [0.2, 0.25) is 5.91 Å². The number of carbonyl (C=O) groups excluding carboxylic acids is 2. The number of hydrogen-bond donors (Lipinski definition) is 1. The maximum atomic E-state index is 13.0. The lowest BCUT2D eigenvalue weighted by Crippen LogP contribution is -2.39. The molecule has 2 aliphatic rings. The lowest BCUT2D eigenvalue weighted by molar-refractivity contribution is -0.141. The van der Waals surface area contributed by atoms with E-state index < -0.39 is 0 Å². The molecule has 10 heteroatoms. The summed E-state index contributed by atoms with van der Waals surface area (Å²) in [7, 11) is 3.04. The van der Waals surface area contributed by atoms with Gasteiger partial charge in [0.25, 0.3) is 0 Å². The molecule has 9 nitrogen and oxygen atoms in total. The van der Waals surface area contributed by atoms with Crippen LogP contribution < -0.4 is 14.8 Å². The van der Waals surface area contributed by atoms with Crippen molar-refractivity contribution in [1.82, 2.24) is 9.88 Å². The molecule has 1 unspecified atom stereocenters. The summed E-state index contributed by atoms with van der Waals surface area (Å²) in [4.78, 5) is 32.1. The standard InChI is InChI=1S/C32H44BrN3O6/c1-39-29-21-25(6-9-28(29)42-19-18-41-17-13-33)26(22-31(38)40-2)20-23-11-15-36(16-12-23)30(37)10-8-27-7-5-24-4-3-14-34-32(24)35-27/h5-7,9,21,23,26H,3-4,8,10-20,22H2,1-2H3,(H,34,35). The number of aromatic nitrogens is 1. The first-order chi connectivity index (χ1) is 20.5. The molecule has 2 aliphatic heterocycles. The van der Waals surface area contributed by atoms with Crippen LogP contribution >= 0.6 is 15.9 Å². The van der Waals surface area contributed by atoms with E-state index in [9.17, 15) is 9.59 Å². The molecule has 1 aromatic carbocycles. The predicted molar refractivity (Wildman–Crippen MR) is 166 cm³/mol. The monoisotopic (exact) mass is 645 g/mol. The van der Waals surface area contributed by atoms with E-state index in [4.69, 9.17) is 23.9 Å². The first-order valence-electron chi connectivity index (χ1n) is 15.0. The highest BCUT2D eigenvalue weighted by Gasteiger charge is 2.27. The molecule has 42 heavy (non-hydrogen) atoms. The van der Waals surface area contributed by atoms with E-state index >= 15 is 0 Å². The van der Waals surface area contributed by atoms with Gasteiger partial charge in [0.15, 0.2) is 11.5 Å². The van der Waals surface area contributed by atoms with Gasteiger partial charge in [-0.2, -0.15) is 0 Å². The molecule has 1 atom stereocenters. The third-order valence-electron chi connectivity index (χ3n) is 8.14. The molecular formula is C32H44BrN3O6. The Balaban J connectivity index is 1.30. The second-order valence-corrected chi connectivity index (χ2v) is 11.7. The van der Waals surface area contributed by atoms with Crippen molar-refractivity contribution < 1.29 is 28.5 Å². The number of piperidine rings is 1. The van der Waals surface area contributed by atoms with E-state index in [1.807, 2.05) is 23.1 Å². The second kappa shape index (κ2) is 16.7. The summed E-state index contributed by atoms with van der Waals surface area (Å²) in [6.07, 6.45) is 6.28. The van der Waals surface area contributed by atoms with Crippen molar-refractivity contribution in [3.63, 3.8) is 0 Å². The SMILES string of the molecule is COC(=O)CC(CC1CCN(C(=O)CCc2ccc3c(n2)NCCC3)CC1)c1ccc(OCCOCCBr)c(OC)c1. The highest BCUT2D eigenvalue weighted by molar-refractivity contribution is 9.09. The summed E-state index contributed by atoms with van der Waals surface area (Å²) in [5.41, 5.74) is 3.25. The zero-order valence-electron chi connectivity index (χ0n) is 24.9. The van der Waals surface area contributed by atoms with Gasteiger partial charge >= 0.3 is 5.97 Å². The van der Waals surface area contributed by atoms with E-state index in [0.29, 0.717) is 56.5 Å². The molecular weight excluding hydrogens is 602 g/mol. The molecule has 3 heterocycles. The number of amides is 1. The number of pyridine rings is 1. The average Bonchev–Trinajstić information content (AvgIpc) is 3.03. The fourth-order valence-corrected chi connectivity index (χ4v) is 6.00. The van der Waals surface area contributed by atoms with Gasteiger partial charge in [0, 0.05) is 37.1 Å². The van der Waals surface area contributed by atoms with Gasteiger partial charge in [-0.1, -0.05) is 28.1 Å². The van der Waals surface area contributed by atoms with Crippen LogP contribution in [0.4, 0.5) is 5.82 Å². The Morgan fingerprint density at radius 3 is 2.69 bits per heavy atom. The van der Waals surface area contributed by atoms with Crippen molar-refractivity contribution in [1.29, 1.82) is 0 Å². The number of carbonyl (C=O) groups is 2. The number of anilines is 1. The smallest absolute Gasteiger partial charge is 0.306 e. The molecule has 0 aliphatic carbocycles. The van der Waals surface area contributed by atoms with Crippen LogP contribution in [0.25, 0.3) is 0 Å². The van der Waals surface area contributed by atoms with Crippen molar-refractivity contribution in [3.8, 4) is 11.5 Å². The molecule has 1 fully saturated rings. The number of methoxy groups -OCH3 is 2. The molecule has 1 N–H and O–H groups in total. The summed E-state index contributed by atoms with van der Waals surface area (Å²) in [5, 5.41) is 4.16. The average molecular weight is 647 g/mol. The number of rotatable bonds is 15. The molecule has 0 radical (unpaired) electrons. The topological polar surface area (TPSA) is 99.2 Å². The zero-order chi connectivity index (χ0) is 29.7. The highest BCUT2D eigenvalue weighted by Crippen LogP contribution is 2.37. The quantitative estimate of drug-likeness (QED) is 0.161. The van der Waals surface area contributed by atoms with Crippen LogP contribution in [0.1, 0.15) is 61.3 Å². The number of ether oxygens (including phenoxy) is 4. The number of fused-ring (bicyclic) bond motifs is 1. The minimum atomic E-state index is -0.234. The predicted octanol–water partition coefficient (Wildman–Crippen LogP) is 5.15. The Morgan fingerprint density at radius 2 is 1.93 bits per heavy atom. The summed E-state index contributed by atoms with van der Waals surface area (Å²) >= 11 is 3.34. The van der Waals surface area contributed by atoms with Crippen molar-refractivity contribution in [2.75, 3.05) is 64.3 Å². The third kappa shape index (κ3) is 9.33. The van der Waals surface area contributed by atoms with Gasteiger partial charge in [-0.15, -0.1) is 0 Å². The maximum Gasteiger partial charge on any atom is 0.306 e. The number of halogens is 1. The van der Waals surface area contributed by atoms with Crippen molar-refractivity contribution >= 4 is 33.6 Å². The molecule has 4 rings (SSSR count). The maximum absolute atomic E-state index is 13.0. The van der Waals surface area contributed by atoms with Crippen molar-refractivity contribution in [2.24, 2.45) is 5.92 Å². The molecule has 0 spiro atoms. The molecule has 1 saturated heterocycles. The van der Waals surface area contributed by atoms with Gasteiger partial charge in [-0.3, -0.25) is 9.59 Å². The Bertz CT molecular complexity index is 1170. The molecule has 1 amide bonds. The van der Waals surface area contributed by atoms with Gasteiger partial charge in [-0.05, 0) is 79.7 Å². The number of hydrogen-bond acceptors (Lipinski definition) is 8. The normalized spacial score (nSPS) is 15.8. The van der Waals surface area contributed by atoms with E-state index in [2.05, 4.69) is 33.4 Å². The Morgan fingerprint density at radius 1 is 1.10 bits per heavy atom. The fraction of sp³-hybridized carbons (Fsp3) is 0.594. The van der Waals surface area contributed by atoms with Crippen LogP contribution in [0, 0.1) is 5.92 Å². The third-order valence-corrected chi connectivity index (χ3v) is 8.46. The molecule has 1 aromatic heterocycles. The minimum absolute atomic E-state index is 0.0152. The minimum Gasteiger partial charge on any atom is -0.493 e. The van der Waals surface area contributed by atoms with E-state index in [1.54, 1.807) is 7.11 Å². The van der Waals surface area contributed by atoms with E-state index in [-0.39, 0.29) is 17.8 Å². The van der Waals surface area contributed by atoms with Gasteiger partial charge in [0.1, 0.15) is 12.4 Å². The highest BCUT2D eigenvalue weighted by atomic mass is 79.9. The Hall–Kier alpha value is -2.85. The number of likely N-dealkylation sites (tertiary alicyclic amines) is 1. The number of benzene rings is 1. The van der Waals surface area contributed by atoms with Crippen LogP contribution in [0.2, 0.25) is 0 Å². The lowest BCUT2D eigenvalue weighted by Gasteiger charge is -2.34. The van der Waals surface area contributed by atoms with Gasteiger partial charge in [0.05, 0.1) is 33.9 Å². The number of alkyl halides is 1. The fourth-order valence-electron chi connectivity index (χ4n) is 5.77. The largest absolute Gasteiger partial charge is 0.493 e. The summed E-state index contributed by atoms with van der Waals surface area (Å²) in [6, 6.07) is 10.1. The zero-order valence-corrected chi connectivity index (χ0v) is 26.5. The second-order valence-electron chi connectivity index (χ2n) is 10.9. The van der Waals surface area contributed by atoms with E-state index in [0.717, 1.165) is 74.1 Å². The van der Waals surface area contributed by atoms with Crippen molar-refractivity contribution in [3.05, 3.63) is 47.2 Å². The summed E-state index contributed by atoms with van der Waals surface area (Å²) in [6.45, 7) is 3.98. The van der Waals surface area contributed by atoms with Gasteiger partial charge in [-0.25, -0.2) is 4.98 Å². The van der Waals surface area contributed by atoms with Crippen LogP contribution in [0.5, 0.6) is 11.5 Å². The van der Waals surface area contributed by atoms with Crippen LogP contribution in [0.15, 0.2) is 30.3 Å². The van der Waals surface area contributed by atoms with Crippen molar-refractivity contribution in [2.45, 2.75) is 57.3 Å². The van der Waals surface area contributed by atoms with Crippen LogP contribution in [-0.2, 0) is 31.9 Å². The van der Waals surface area contributed by atoms with Crippen LogP contribution in [0.3, 0.4) is 0 Å². The Labute approximate surface area is 257 Å².